The number of halogens is 1. The van der Waals surface area contributed by atoms with Crippen LogP contribution in [0.5, 0.6) is 0 Å². The second kappa shape index (κ2) is 6.57. The molecule has 0 saturated carbocycles. The van der Waals surface area contributed by atoms with Crippen molar-refractivity contribution >= 4 is 28.5 Å². The van der Waals surface area contributed by atoms with Gasteiger partial charge < -0.3 is 14.1 Å². The van der Waals surface area contributed by atoms with Gasteiger partial charge in [-0.05, 0) is 18.2 Å². The van der Waals surface area contributed by atoms with E-state index in [0.717, 1.165) is 23.4 Å². The highest BCUT2D eigenvalue weighted by molar-refractivity contribution is 6.31. The molecule has 1 aromatic carbocycles. The van der Waals surface area contributed by atoms with E-state index in [9.17, 15) is 0 Å². The summed E-state index contributed by atoms with van der Waals surface area (Å²) in [6.45, 7) is 5.91. The highest BCUT2D eigenvalue weighted by atomic mass is 35.5. The molecule has 0 bridgehead atoms. The van der Waals surface area contributed by atoms with Crippen molar-refractivity contribution in [3.05, 3.63) is 41.2 Å². The average Bonchev–Trinajstić information content (AvgIpc) is 3.12. The number of morpholine rings is 1. The van der Waals surface area contributed by atoms with Crippen molar-refractivity contribution in [1.82, 2.24) is 20.2 Å². The van der Waals surface area contributed by atoms with Crippen LogP contribution in [0.4, 0.5) is 5.82 Å². The van der Waals surface area contributed by atoms with Crippen LogP contribution in [-0.4, -0.2) is 39.9 Å². The van der Waals surface area contributed by atoms with Crippen LogP contribution in [0.2, 0.25) is 5.02 Å². The Labute approximate surface area is 150 Å². The molecule has 7 nitrogen and oxygen atoms in total. The number of rotatable bonds is 3. The molecule has 0 spiro atoms. The van der Waals surface area contributed by atoms with Gasteiger partial charge in [0.1, 0.15) is 5.82 Å². The first-order valence-electron chi connectivity index (χ1n) is 8.22. The van der Waals surface area contributed by atoms with Crippen LogP contribution in [0, 0.1) is 0 Å². The van der Waals surface area contributed by atoms with Crippen molar-refractivity contribution in [3.63, 3.8) is 0 Å². The zero-order chi connectivity index (χ0) is 17.4. The molecular formula is C17H18ClN5O2. The highest BCUT2D eigenvalue weighted by Crippen LogP contribution is 2.26. The minimum Gasteiger partial charge on any atom is -0.422 e. The minimum atomic E-state index is -0.267. The topological polar surface area (TPSA) is 77.2 Å². The summed E-state index contributed by atoms with van der Waals surface area (Å²) in [5, 5.41) is 8.86. The zero-order valence-corrected chi connectivity index (χ0v) is 14.8. The molecule has 0 aliphatic carbocycles. The monoisotopic (exact) mass is 359 g/mol. The number of fused-ring (bicyclic) bond motifs is 1. The second-order valence-electron chi connectivity index (χ2n) is 6.30. The van der Waals surface area contributed by atoms with Gasteiger partial charge in [0.25, 0.3) is 0 Å². The third kappa shape index (κ3) is 3.29. The predicted octanol–water partition coefficient (Wildman–Crippen LogP) is 3.37. The van der Waals surface area contributed by atoms with Crippen molar-refractivity contribution in [2.45, 2.75) is 25.9 Å². The van der Waals surface area contributed by atoms with E-state index in [1.807, 2.05) is 32.0 Å². The Morgan fingerprint density at radius 3 is 2.92 bits per heavy atom. The maximum atomic E-state index is 6.00. The summed E-state index contributed by atoms with van der Waals surface area (Å²) in [5.74, 6) is 2.12. The van der Waals surface area contributed by atoms with Crippen LogP contribution in [0.25, 0.3) is 11.0 Å². The molecule has 1 unspecified atom stereocenters. The van der Waals surface area contributed by atoms with Crippen LogP contribution in [0.15, 0.2) is 28.8 Å². The van der Waals surface area contributed by atoms with Gasteiger partial charge in [0.15, 0.2) is 6.10 Å². The van der Waals surface area contributed by atoms with Crippen LogP contribution in [-0.2, 0) is 4.74 Å². The van der Waals surface area contributed by atoms with Crippen molar-refractivity contribution in [2.24, 2.45) is 0 Å². The quantitative estimate of drug-likeness (QED) is 0.709. The molecule has 3 aromatic rings. The molecule has 0 N–H and O–H groups in total. The van der Waals surface area contributed by atoms with Gasteiger partial charge in [0.2, 0.25) is 11.8 Å². The number of anilines is 1. The summed E-state index contributed by atoms with van der Waals surface area (Å²) in [6, 6.07) is 5.50. The summed E-state index contributed by atoms with van der Waals surface area (Å²) in [5.41, 5.74) is 1.59. The molecule has 4 rings (SSSR count). The summed E-state index contributed by atoms with van der Waals surface area (Å²) < 4.78 is 11.5. The molecule has 3 heterocycles. The standard InChI is InChI=1S/C17H18ClN5O2/c1-10(2)16-21-22-17(25-16)14-9-23(5-6-24-14)15-8-19-13-7-11(18)3-4-12(13)20-15/h3-4,7-8,10,14H,5-6,9H2,1-2H3. The molecule has 1 saturated heterocycles. The van der Waals surface area contributed by atoms with Crippen LogP contribution in [0.1, 0.15) is 37.7 Å². The Morgan fingerprint density at radius 2 is 2.12 bits per heavy atom. The van der Waals surface area contributed by atoms with E-state index in [1.54, 1.807) is 6.20 Å². The van der Waals surface area contributed by atoms with Gasteiger partial charge >= 0.3 is 0 Å². The molecular weight excluding hydrogens is 342 g/mol. The van der Waals surface area contributed by atoms with Crippen molar-refractivity contribution < 1.29 is 9.15 Å². The van der Waals surface area contributed by atoms with E-state index >= 15 is 0 Å². The third-order valence-corrected chi connectivity index (χ3v) is 4.34. The smallest absolute Gasteiger partial charge is 0.247 e. The lowest BCUT2D eigenvalue weighted by atomic mass is 10.2. The van der Waals surface area contributed by atoms with Gasteiger partial charge in [-0.25, -0.2) is 4.98 Å². The van der Waals surface area contributed by atoms with Crippen LogP contribution >= 0.6 is 11.6 Å². The maximum absolute atomic E-state index is 6.00. The Kier molecular flexibility index (Phi) is 4.27. The number of hydrogen-bond acceptors (Lipinski definition) is 7. The minimum absolute atomic E-state index is 0.194. The number of ether oxygens (including phenoxy) is 1. The van der Waals surface area contributed by atoms with Gasteiger partial charge in [-0.2, -0.15) is 0 Å². The van der Waals surface area contributed by atoms with E-state index in [0.29, 0.717) is 30.0 Å². The van der Waals surface area contributed by atoms with E-state index < -0.39 is 0 Å². The van der Waals surface area contributed by atoms with Crippen LogP contribution < -0.4 is 4.90 Å². The first-order chi connectivity index (χ1) is 12.1. The number of hydrogen-bond donors (Lipinski definition) is 0. The Morgan fingerprint density at radius 1 is 1.24 bits per heavy atom. The Balaban J connectivity index is 1.57. The van der Waals surface area contributed by atoms with E-state index in [2.05, 4.69) is 25.1 Å². The number of nitrogens with zero attached hydrogens (tertiary/aromatic N) is 5. The van der Waals surface area contributed by atoms with E-state index in [-0.39, 0.29) is 12.0 Å². The van der Waals surface area contributed by atoms with Gasteiger partial charge in [0.05, 0.1) is 30.4 Å². The van der Waals surface area contributed by atoms with Crippen LogP contribution in [0.3, 0.4) is 0 Å². The van der Waals surface area contributed by atoms with Gasteiger partial charge in [0, 0.05) is 17.5 Å². The second-order valence-corrected chi connectivity index (χ2v) is 6.74. The molecule has 1 aliphatic heterocycles. The molecule has 1 aliphatic rings. The Bertz CT molecular complexity index is 898. The normalized spacial score (nSPS) is 18.2. The summed E-state index contributed by atoms with van der Waals surface area (Å²) in [7, 11) is 0. The molecule has 0 amide bonds. The molecule has 1 atom stereocenters. The molecule has 2 aromatic heterocycles. The maximum Gasteiger partial charge on any atom is 0.247 e. The fourth-order valence-corrected chi connectivity index (χ4v) is 2.91. The summed E-state index contributed by atoms with van der Waals surface area (Å²) >= 11 is 6.00. The SMILES string of the molecule is CC(C)c1nnc(C2CN(c3cnc4cc(Cl)ccc4n3)CCO2)o1. The van der Waals surface area contributed by atoms with Gasteiger partial charge in [-0.1, -0.05) is 25.4 Å². The van der Waals surface area contributed by atoms with Crippen molar-refractivity contribution in [3.8, 4) is 0 Å². The molecule has 1 fully saturated rings. The summed E-state index contributed by atoms with van der Waals surface area (Å²) in [4.78, 5) is 11.3. The van der Waals surface area contributed by atoms with Crippen molar-refractivity contribution in [1.29, 1.82) is 0 Å². The Hall–Kier alpha value is -2.25. The zero-order valence-electron chi connectivity index (χ0n) is 14.0. The lowest BCUT2D eigenvalue weighted by Gasteiger charge is -2.31. The largest absolute Gasteiger partial charge is 0.422 e. The molecule has 130 valence electrons. The predicted molar refractivity (Wildman–Crippen MR) is 93.8 cm³/mol. The van der Waals surface area contributed by atoms with E-state index in [1.165, 1.54) is 0 Å². The fraction of sp³-hybridized carbons (Fsp3) is 0.412. The van der Waals surface area contributed by atoms with Gasteiger partial charge in [-0.15, -0.1) is 10.2 Å². The molecule has 0 radical (unpaired) electrons. The van der Waals surface area contributed by atoms with E-state index in [4.69, 9.17) is 20.8 Å². The first kappa shape index (κ1) is 16.2. The van der Waals surface area contributed by atoms with Crippen molar-refractivity contribution in [2.75, 3.05) is 24.6 Å². The number of benzene rings is 1. The molecule has 25 heavy (non-hydrogen) atoms. The fourth-order valence-electron chi connectivity index (χ4n) is 2.74. The average molecular weight is 360 g/mol. The van der Waals surface area contributed by atoms with Gasteiger partial charge in [-0.3, -0.25) is 4.98 Å². The number of aromatic nitrogens is 4. The highest BCUT2D eigenvalue weighted by Gasteiger charge is 2.28. The first-order valence-corrected chi connectivity index (χ1v) is 8.60. The lowest BCUT2D eigenvalue weighted by molar-refractivity contribution is 0.0211. The third-order valence-electron chi connectivity index (χ3n) is 4.11. The lowest BCUT2D eigenvalue weighted by Crippen LogP contribution is -2.39. The summed E-state index contributed by atoms with van der Waals surface area (Å²) in [6.07, 6.45) is 1.49. The molecule has 8 heteroatoms.